The van der Waals surface area contributed by atoms with Crippen LogP contribution >= 0.6 is 0 Å². The minimum atomic E-state index is 0.784. The molecule has 0 fully saturated rings. The molecule has 0 atom stereocenters. The van der Waals surface area contributed by atoms with Crippen LogP contribution in [0, 0.1) is 0 Å². The summed E-state index contributed by atoms with van der Waals surface area (Å²) >= 11 is 0. The number of aromatic nitrogens is 4. The van der Waals surface area contributed by atoms with E-state index in [1.807, 2.05) is 16.9 Å². The van der Waals surface area contributed by atoms with Crippen LogP contribution in [0.4, 0.5) is 0 Å². The molecule has 0 radical (unpaired) electrons. The second-order valence-corrected chi connectivity index (χ2v) is 3.71. The number of unbranched alkanes of at least 4 members (excludes halogenated alkanes) is 1. The summed E-state index contributed by atoms with van der Waals surface area (Å²) in [5.74, 6) is 0. The molecule has 2 rings (SSSR count). The summed E-state index contributed by atoms with van der Waals surface area (Å²) in [5, 5.41) is 4.17. The minimum absolute atomic E-state index is 0.784. The first-order valence-corrected chi connectivity index (χ1v) is 5.40. The first-order chi connectivity index (χ1) is 7.38. The maximum Gasteiger partial charge on any atom is 0.245 e. The van der Waals surface area contributed by atoms with E-state index in [0.29, 0.717) is 0 Å². The Morgan fingerprint density at radius 3 is 3.00 bits per heavy atom. The predicted molar refractivity (Wildman–Crippen MR) is 57.2 cm³/mol. The lowest BCUT2D eigenvalue weighted by Crippen LogP contribution is -2.35. The highest BCUT2D eigenvalue weighted by molar-refractivity contribution is 4.76. The van der Waals surface area contributed by atoms with Gasteiger partial charge in [0.2, 0.25) is 6.33 Å². The number of hydrogen-bond acceptors (Lipinski definition) is 1. The van der Waals surface area contributed by atoms with E-state index in [0.717, 1.165) is 13.2 Å². The zero-order valence-electron chi connectivity index (χ0n) is 9.08. The van der Waals surface area contributed by atoms with Gasteiger partial charge in [-0.3, -0.25) is 0 Å². The molecule has 0 saturated heterocycles. The Kier molecular flexibility index (Phi) is 3.17. The number of aryl methyl sites for hydroxylation is 1. The molecule has 0 saturated carbocycles. The SMILES string of the molecule is CCCCn1cc[n+](Cn2cccn2)c1. The maximum atomic E-state index is 4.17. The normalized spacial score (nSPS) is 10.7. The molecule has 0 spiro atoms. The predicted octanol–water partition coefficient (Wildman–Crippen LogP) is 1.28. The molecule has 0 aliphatic heterocycles. The average Bonchev–Trinajstić information content (AvgIpc) is 2.87. The highest BCUT2D eigenvalue weighted by atomic mass is 15.3. The standard InChI is InChI=1S/C11H17N4/c1-2-3-6-13-8-9-14(10-13)11-15-7-4-5-12-15/h4-5,7-10H,2-3,6,11H2,1H3/q+1. The van der Waals surface area contributed by atoms with E-state index in [-0.39, 0.29) is 0 Å². The van der Waals surface area contributed by atoms with Crippen molar-refractivity contribution in [2.45, 2.75) is 33.0 Å². The first kappa shape index (κ1) is 9.96. The summed E-state index contributed by atoms with van der Waals surface area (Å²) < 4.78 is 6.25. The number of imidazole rings is 1. The Balaban J connectivity index is 1.95. The van der Waals surface area contributed by atoms with Gasteiger partial charge in [-0.2, -0.15) is 5.10 Å². The molecule has 0 unspecified atom stereocenters. The Morgan fingerprint density at radius 2 is 2.27 bits per heavy atom. The fourth-order valence-electron chi connectivity index (χ4n) is 1.55. The van der Waals surface area contributed by atoms with Crippen LogP contribution in [-0.4, -0.2) is 14.3 Å². The number of nitrogens with zero attached hydrogens (tertiary/aromatic N) is 4. The van der Waals surface area contributed by atoms with E-state index in [4.69, 9.17) is 0 Å². The fraction of sp³-hybridized carbons (Fsp3) is 0.455. The molecule has 0 aliphatic rings. The summed E-state index contributed by atoms with van der Waals surface area (Å²) in [6.07, 6.45) is 12.5. The van der Waals surface area contributed by atoms with Gasteiger partial charge in [-0.25, -0.2) is 13.8 Å². The van der Waals surface area contributed by atoms with Crippen molar-refractivity contribution >= 4 is 0 Å². The van der Waals surface area contributed by atoms with Gasteiger partial charge in [-0.1, -0.05) is 13.3 Å². The zero-order valence-corrected chi connectivity index (χ0v) is 9.08. The number of rotatable bonds is 5. The highest BCUT2D eigenvalue weighted by Crippen LogP contribution is 1.93. The van der Waals surface area contributed by atoms with Crippen molar-refractivity contribution in [3.8, 4) is 0 Å². The Morgan fingerprint density at radius 1 is 1.33 bits per heavy atom. The molecule has 15 heavy (non-hydrogen) atoms. The summed E-state index contributed by atoms with van der Waals surface area (Å²) in [6, 6.07) is 1.94. The molecule has 4 heteroatoms. The minimum Gasteiger partial charge on any atom is -0.237 e. The van der Waals surface area contributed by atoms with Gasteiger partial charge in [0.15, 0.2) is 6.67 Å². The molecule has 0 amide bonds. The molecular formula is C11H17N4+. The molecule has 0 N–H and O–H groups in total. The molecule has 2 aromatic heterocycles. The van der Waals surface area contributed by atoms with Crippen molar-refractivity contribution in [1.82, 2.24) is 14.3 Å². The van der Waals surface area contributed by atoms with E-state index in [9.17, 15) is 0 Å². The Hall–Kier alpha value is -1.58. The third-order valence-electron chi connectivity index (χ3n) is 2.38. The molecule has 2 heterocycles. The van der Waals surface area contributed by atoms with E-state index >= 15 is 0 Å². The van der Waals surface area contributed by atoms with Gasteiger partial charge >= 0.3 is 0 Å². The Labute approximate surface area is 89.8 Å². The van der Waals surface area contributed by atoms with E-state index < -0.39 is 0 Å². The molecule has 80 valence electrons. The van der Waals surface area contributed by atoms with Gasteiger partial charge in [0.05, 0.1) is 6.54 Å². The van der Waals surface area contributed by atoms with Crippen molar-refractivity contribution in [2.75, 3.05) is 0 Å². The Bertz CT molecular complexity index is 388. The van der Waals surface area contributed by atoms with Gasteiger partial charge in [0.25, 0.3) is 0 Å². The lowest BCUT2D eigenvalue weighted by molar-refractivity contribution is -0.702. The van der Waals surface area contributed by atoms with Crippen molar-refractivity contribution in [2.24, 2.45) is 0 Å². The quantitative estimate of drug-likeness (QED) is 0.675. The van der Waals surface area contributed by atoms with Crippen LogP contribution < -0.4 is 4.57 Å². The van der Waals surface area contributed by atoms with E-state index in [1.165, 1.54) is 12.8 Å². The first-order valence-electron chi connectivity index (χ1n) is 5.40. The lowest BCUT2D eigenvalue weighted by Gasteiger charge is -1.96. The molecular weight excluding hydrogens is 188 g/mol. The van der Waals surface area contributed by atoms with Gasteiger partial charge in [0, 0.05) is 12.4 Å². The smallest absolute Gasteiger partial charge is 0.237 e. The topological polar surface area (TPSA) is 26.6 Å². The van der Waals surface area contributed by atoms with Crippen LogP contribution in [-0.2, 0) is 13.2 Å². The van der Waals surface area contributed by atoms with E-state index in [2.05, 4.69) is 39.9 Å². The summed E-state index contributed by atoms with van der Waals surface area (Å²) in [5.41, 5.74) is 0. The van der Waals surface area contributed by atoms with Crippen molar-refractivity contribution in [3.63, 3.8) is 0 Å². The summed E-state index contributed by atoms with van der Waals surface area (Å²) in [7, 11) is 0. The van der Waals surface area contributed by atoms with Crippen LogP contribution in [0.3, 0.4) is 0 Å². The van der Waals surface area contributed by atoms with Gasteiger partial charge in [-0.05, 0) is 12.5 Å². The van der Waals surface area contributed by atoms with Gasteiger partial charge < -0.3 is 0 Å². The monoisotopic (exact) mass is 205 g/mol. The van der Waals surface area contributed by atoms with Crippen molar-refractivity contribution in [3.05, 3.63) is 37.2 Å². The van der Waals surface area contributed by atoms with E-state index in [1.54, 1.807) is 6.20 Å². The molecule has 0 aliphatic carbocycles. The van der Waals surface area contributed by atoms with Crippen LogP contribution in [0.1, 0.15) is 19.8 Å². The van der Waals surface area contributed by atoms with Gasteiger partial charge in [0.1, 0.15) is 12.4 Å². The van der Waals surface area contributed by atoms with Crippen LogP contribution in [0.15, 0.2) is 37.2 Å². The summed E-state index contributed by atoms with van der Waals surface area (Å²) in [4.78, 5) is 0. The van der Waals surface area contributed by atoms with Gasteiger partial charge in [-0.15, -0.1) is 0 Å². The van der Waals surface area contributed by atoms with Crippen molar-refractivity contribution in [1.29, 1.82) is 0 Å². The third-order valence-corrected chi connectivity index (χ3v) is 2.38. The van der Waals surface area contributed by atoms with Crippen LogP contribution in [0.25, 0.3) is 0 Å². The van der Waals surface area contributed by atoms with Crippen LogP contribution in [0.2, 0.25) is 0 Å². The molecule has 2 aromatic rings. The second kappa shape index (κ2) is 4.77. The van der Waals surface area contributed by atoms with Crippen molar-refractivity contribution < 1.29 is 4.57 Å². The summed E-state index contributed by atoms with van der Waals surface area (Å²) in [6.45, 7) is 4.09. The lowest BCUT2D eigenvalue weighted by atomic mass is 10.3. The highest BCUT2D eigenvalue weighted by Gasteiger charge is 2.03. The third kappa shape index (κ3) is 2.68. The fourth-order valence-corrected chi connectivity index (χ4v) is 1.55. The average molecular weight is 205 g/mol. The molecule has 0 bridgehead atoms. The number of hydrogen-bond donors (Lipinski definition) is 0. The molecule has 0 aromatic carbocycles. The maximum absolute atomic E-state index is 4.17. The molecule has 4 nitrogen and oxygen atoms in total. The zero-order chi connectivity index (χ0) is 10.5. The van der Waals surface area contributed by atoms with Crippen LogP contribution in [0.5, 0.6) is 0 Å². The second-order valence-electron chi connectivity index (χ2n) is 3.71. The largest absolute Gasteiger partial charge is 0.245 e.